The maximum absolute atomic E-state index is 13.7. The van der Waals surface area contributed by atoms with E-state index in [0.717, 1.165) is 38.4 Å². The van der Waals surface area contributed by atoms with E-state index < -0.39 is 0 Å². The van der Waals surface area contributed by atoms with E-state index in [0.29, 0.717) is 17.9 Å². The smallest absolute Gasteiger partial charge is 0.290 e. The predicted molar refractivity (Wildman–Crippen MR) is 125 cm³/mol. The van der Waals surface area contributed by atoms with Crippen molar-refractivity contribution >= 4 is 43.7 Å². The first-order valence-electron chi connectivity index (χ1n) is 10.4. The van der Waals surface area contributed by atoms with Crippen LogP contribution in [0.5, 0.6) is 0 Å². The minimum atomic E-state index is -0.362. The van der Waals surface area contributed by atoms with Crippen LogP contribution >= 0.6 is 15.9 Å². The number of nitrogens with one attached hydrogen (secondary N) is 1. The molecule has 5 aromatic rings. The molecule has 6 rings (SSSR count). The number of rotatable bonds is 2. The van der Waals surface area contributed by atoms with Gasteiger partial charge < -0.3 is 14.3 Å². The summed E-state index contributed by atoms with van der Waals surface area (Å²) in [5.41, 5.74) is 4.72. The van der Waals surface area contributed by atoms with Crippen molar-refractivity contribution in [3.8, 4) is 0 Å². The molecule has 0 spiro atoms. The number of carbonyl (C=O) groups is 1. The Balaban J connectivity index is 1.49. The first kappa shape index (κ1) is 19.3. The lowest BCUT2D eigenvalue weighted by molar-refractivity contribution is 0.0661. The van der Waals surface area contributed by atoms with Crippen molar-refractivity contribution in [2.45, 2.75) is 12.5 Å². The lowest BCUT2D eigenvalue weighted by Gasteiger charge is -2.35. The fourth-order valence-corrected chi connectivity index (χ4v) is 5.09. The summed E-state index contributed by atoms with van der Waals surface area (Å²) in [7, 11) is 0. The molecule has 2 aromatic heterocycles. The van der Waals surface area contributed by atoms with E-state index in [1.165, 1.54) is 17.7 Å². The predicted octanol–water partition coefficient (Wildman–Crippen LogP) is 6.60. The molecule has 158 valence electrons. The van der Waals surface area contributed by atoms with E-state index in [1.807, 2.05) is 41.3 Å². The van der Waals surface area contributed by atoms with E-state index in [9.17, 15) is 9.18 Å². The largest absolute Gasteiger partial charge is 0.451 e. The third kappa shape index (κ3) is 3.06. The number of hydrogen-bond donors (Lipinski definition) is 1. The number of aromatic nitrogens is 1. The molecule has 6 heteroatoms. The van der Waals surface area contributed by atoms with E-state index in [4.69, 9.17) is 4.42 Å². The number of nitrogens with zero attached hydrogens (tertiary/aromatic N) is 1. The molecule has 0 bridgehead atoms. The molecule has 4 nitrogen and oxygen atoms in total. The molecule has 32 heavy (non-hydrogen) atoms. The second-order valence-corrected chi connectivity index (χ2v) is 8.97. The van der Waals surface area contributed by atoms with Crippen molar-refractivity contribution in [1.29, 1.82) is 0 Å². The number of amides is 1. The zero-order chi connectivity index (χ0) is 21.8. The number of furan rings is 1. The van der Waals surface area contributed by atoms with Crippen LogP contribution in [-0.4, -0.2) is 22.3 Å². The third-order valence-corrected chi connectivity index (χ3v) is 6.66. The van der Waals surface area contributed by atoms with Crippen LogP contribution in [0.1, 0.15) is 33.4 Å². The fourth-order valence-electron chi connectivity index (χ4n) is 4.71. The molecule has 0 aliphatic carbocycles. The molecule has 3 heterocycles. The number of benzene rings is 3. The molecule has 1 atom stereocenters. The lowest BCUT2D eigenvalue weighted by atomic mass is 9.92. The van der Waals surface area contributed by atoms with Crippen LogP contribution in [-0.2, 0) is 6.42 Å². The van der Waals surface area contributed by atoms with Gasteiger partial charge in [-0.2, -0.15) is 0 Å². The van der Waals surface area contributed by atoms with E-state index in [2.05, 4.69) is 27.0 Å². The fraction of sp³-hybridized carbons (Fsp3) is 0.115. The van der Waals surface area contributed by atoms with Crippen molar-refractivity contribution in [2.24, 2.45) is 0 Å². The standard InChI is InChI=1S/C26H18BrFN2O2/c27-17-7-10-22-16(13-17)14-23(32-22)26(31)30-12-11-20-19-3-1-2-4-21(19)29-24(20)25(30)15-5-8-18(28)9-6-15/h1-10,13-14,25,29H,11-12H2. The number of aromatic amines is 1. The first-order valence-corrected chi connectivity index (χ1v) is 11.2. The molecule has 0 saturated heterocycles. The summed E-state index contributed by atoms with van der Waals surface area (Å²) in [4.78, 5) is 19.0. The summed E-state index contributed by atoms with van der Waals surface area (Å²) in [5, 5.41) is 2.03. The molecule has 1 amide bonds. The summed E-state index contributed by atoms with van der Waals surface area (Å²) >= 11 is 3.46. The van der Waals surface area contributed by atoms with Crippen LogP contribution in [0.15, 0.2) is 81.7 Å². The SMILES string of the molecule is O=C(c1cc2cc(Br)ccc2o1)N1CCc2c([nH]c3ccccc23)C1c1ccc(F)cc1. The molecular weight excluding hydrogens is 471 g/mol. The van der Waals surface area contributed by atoms with Gasteiger partial charge in [0.25, 0.3) is 5.91 Å². The zero-order valence-electron chi connectivity index (χ0n) is 16.9. The topological polar surface area (TPSA) is 49.2 Å². The molecule has 0 radical (unpaired) electrons. The Bertz CT molecular complexity index is 1490. The van der Waals surface area contributed by atoms with Gasteiger partial charge in [0.05, 0.1) is 6.04 Å². The van der Waals surface area contributed by atoms with E-state index >= 15 is 0 Å². The van der Waals surface area contributed by atoms with Gasteiger partial charge in [-0.1, -0.05) is 46.3 Å². The minimum absolute atomic E-state index is 0.184. The van der Waals surface area contributed by atoms with Crippen LogP contribution in [0.25, 0.3) is 21.9 Å². The molecular formula is C26H18BrFN2O2. The number of halogens is 2. The van der Waals surface area contributed by atoms with Crippen molar-refractivity contribution < 1.29 is 13.6 Å². The Morgan fingerprint density at radius 1 is 1.06 bits per heavy atom. The highest BCUT2D eigenvalue weighted by molar-refractivity contribution is 9.10. The number of H-pyrrole nitrogens is 1. The lowest BCUT2D eigenvalue weighted by Crippen LogP contribution is -2.40. The molecule has 3 aromatic carbocycles. The van der Waals surface area contributed by atoms with Gasteiger partial charge in [0.2, 0.25) is 0 Å². The normalized spacial score (nSPS) is 15.9. The Morgan fingerprint density at radius 2 is 1.88 bits per heavy atom. The highest BCUT2D eigenvalue weighted by Gasteiger charge is 2.36. The zero-order valence-corrected chi connectivity index (χ0v) is 18.5. The summed E-state index contributed by atoms with van der Waals surface area (Å²) in [5.74, 6) is -0.192. The Morgan fingerprint density at radius 3 is 2.72 bits per heavy atom. The molecule has 1 aliphatic heterocycles. The van der Waals surface area contributed by atoms with Crippen LogP contribution < -0.4 is 0 Å². The number of carbonyl (C=O) groups excluding carboxylic acids is 1. The van der Waals surface area contributed by atoms with Crippen molar-refractivity contribution in [2.75, 3.05) is 6.54 Å². The van der Waals surface area contributed by atoms with Gasteiger partial charge in [-0.05, 0) is 60.0 Å². The third-order valence-electron chi connectivity index (χ3n) is 6.17. The maximum Gasteiger partial charge on any atom is 0.290 e. The Labute approximate surface area is 191 Å². The van der Waals surface area contributed by atoms with Gasteiger partial charge in [-0.15, -0.1) is 0 Å². The monoisotopic (exact) mass is 488 g/mol. The Hall–Kier alpha value is -3.38. The van der Waals surface area contributed by atoms with Gasteiger partial charge >= 0.3 is 0 Å². The number of para-hydroxylation sites is 1. The van der Waals surface area contributed by atoms with E-state index in [-0.39, 0.29) is 17.8 Å². The van der Waals surface area contributed by atoms with Crippen LogP contribution in [0, 0.1) is 5.82 Å². The van der Waals surface area contributed by atoms with Crippen molar-refractivity contribution in [1.82, 2.24) is 9.88 Å². The number of hydrogen-bond acceptors (Lipinski definition) is 2. The summed E-state index contributed by atoms with van der Waals surface area (Å²) in [6.45, 7) is 0.538. The summed E-state index contributed by atoms with van der Waals surface area (Å²) in [6.07, 6.45) is 0.731. The summed E-state index contributed by atoms with van der Waals surface area (Å²) in [6, 6.07) is 21.6. The molecule has 1 aliphatic rings. The molecule has 1 N–H and O–H groups in total. The van der Waals surface area contributed by atoms with Crippen LogP contribution in [0.2, 0.25) is 0 Å². The minimum Gasteiger partial charge on any atom is -0.451 e. The average Bonchev–Trinajstić information content (AvgIpc) is 3.39. The molecule has 0 fully saturated rings. The van der Waals surface area contributed by atoms with Crippen molar-refractivity contribution in [3.05, 3.63) is 106 Å². The first-order chi connectivity index (χ1) is 15.6. The van der Waals surface area contributed by atoms with E-state index in [1.54, 1.807) is 18.2 Å². The van der Waals surface area contributed by atoms with Crippen molar-refractivity contribution in [3.63, 3.8) is 0 Å². The van der Waals surface area contributed by atoms with Gasteiger partial charge in [0, 0.05) is 33.0 Å². The van der Waals surface area contributed by atoms with Crippen LogP contribution in [0.4, 0.5) is 4.39 Å². The average molecular weight is 489 g/mol. The molecule has 1 unspecified atom stereocenters. The highest BCUT2D eigenvalue weighted by Crippen LogP contribution is 2.39. The quantitative estimate of drug-likeness (QED) is 0.304. The Kier molecular flexibility index (Phi) is 4.43. The highest BCUT2D eigenvalue weighted by atomic mass is 79.9. The van der Waals surface area contributed by atoms with Gasteiger partial charge in [-0.25, -0.2) is 4.39 Å². The molecule has 0 saturated carbocycles. The second-order valence-electron chi connectivity index (χ2n) is 8.06. The van der Waals surface area contributed by atoms with Gasteiger partial charge in [0.15, 0.2) is 5.76 Å². The summed E-state index contributed by atoms with van der Waals surface area (Å²) < 4.78 is 20.5. The van der Waals surface area contributed by atoms with Gasteiger partial charge in [-0.3, -0.25) is 4.79 Å². The maximum atomic E-state index is 13.7. The van der Waals surface area contributed by atoms with Crippen LogP contribution in [0.3, 0.4) is 0 Å². The second kappa shape index (κ2) is 7.35. The number of fused-ring (bicyclic) bond motifs is 4. The van der Waals surface area contributed by atoms with Gasteiger partial charge in [0.1, 0.15) is 11.4 Å².